The normalized spacial score (nSPS) is 27.2. The molecule has 0 aromatic carbocycles. The Morgan fingerprint density at radius 2 is 2.22 bits per heavy atom. The lowest BCUT2D eigenvalue weighted by Gasteiger charge is -2.28. The molecule has 3 unspecified atom stereocenters. The van der Waals surface area contributed by atoms with Crippen LogP contribution in [0.3, 0.4) is 0 Å². The van der Waals surface area contributed by atoms with Crippen LogP contribution in [0.15, 0.2) is 0 Å². The molecular weight excluding hydrogens is 278 g/mol. The average molecular weight is 295 g/mol. The molecule has 104 valence electrons. The number of carboxylic acid groups (broad SMARTS) is 1. The maximum Gasteiger partial charge on any atom is 0.303 e. The summed E-state index contributed by atoms with van der Waals surface area (Å²) in [6.45, 7) is 0.0858. The van der Waals surface area contributed by atoms with E-state index >= 15 is 0 Å². The molecule has 0 aromatic heterocycles. The summed E-state index contributed by atoms with van der Waals surface area (Å²) in [6.07, 6.45) is -1.87. The zero-order valence-corrected chi connectivity index (χ0v) is 11.6. The van der Waals surface area contributed by atoms with E-state index in [9.17, 15) is 15.0 Å². The van der Waals surface area contributed by atoms with E-state index in [1.54, 1.807) is 11.9 Å². The van der Waals surface area contributed by atoms with Crippen LogP contribution in [0.4, 0.5) is 0 Å². The smallest absolute Gasteiger partial charge is 0.303 e. The van der Waals surface area contributed by atoms with E-state index in [1.807, 2.05) is 0 Å². The van der Waals surface area contributed by atoms with Gasteiger partial charge in [0.1, 0.15) is 16.5 Å². The number of carbonyl (C=O) groups is 1. The second-order valence-corrected chi connectivity index (χ2v) is 5.73. The molecule has 1 saturated heterocycles. The highest BCUT2D eigenvalue weighted by molar-refractivity contribution is 8.22. The summed E-state index contributed by atoms with van der Waals surface area (Å²) in [5, 5.41) is 27.5. The van der Waals surface area contributed by atoms with E-state index in [0.717, 1.165) is 0 Å². The maximum atomic E-state index is 10.3. The second kappa shape index (κ2) is 7.25. The van der Waals surface area contributed by atoms with Gasteiger partial charge in [-0.05, 0) is 6.42 Å². The van der Waals surface area contributed by atoms with E-state index in [-0.39, 0.29) is 13.0 Å². The lowest BCUT2D eigenvalue weighted by atomic mass is 10.2. The fraction of sp³-hybridized carbons (Fsp3) is 0.800. The quantitative estimate of drug-likeness (QED) is 0.478. The van der Waals surface area contributed by atoms with Gasteiger partial charge in [-0.25, -0.2) is 0 Å². The molecule has 1 aliphatic heterocycles. The van der Waals surface area contributed by atoms with Crippen molar-refractivity contribution in [3.05, 3.63) is 0 Å². The fourth-order valence-corrected chi connectivity index (χ4v) is 2.64. The highest BCUT2D eigenvalue weighted by atomic mass is 32.2. The van der Waals surface area contributed by atoms with Crippen LogP contribution in [0.5, 0.6) is 0 Å². The minimum Gasteiger partial charge on any atom is -0.481 e. The summed E-state index contributed by atoms with van der Waals surface area (Å²) < 4.78 is 5.75. The molecule has 0 aromatic rings. The maximum absolute atomic E-state index is 10.3. The molecule has 3 atom stereocenters. The summed E-state index contributed by atoms with van der Waals surface area (Å²) in [5.74, 6) is -0.228. The van der Waals surface area contributed by atoms with Crippen LogP contribution in [0.2, 0.25) is 0 Å². The van der Waals surface area contributed by atoms with Gasteiger partial charge < -0.3 is 25.0 Å². The number of carboxylic acids is 1. The van der Waals surface area contributed by atoms with Crippen LogP contribution in [-0.2, 0) is 9.53 Å². The molecule has 18 heavy (non-hydrogen) atoms. The molecule has 0 aliphatic carbocycles. The number of thioether (sulfide) groups is 1. The predicted octanol–water partition coefficient (Wildman–Crippen LogP) is -0.121. The second-order valence-electron chi connectivity index (χ2n) is 4.00. The number of aliphatic hydroxyl groups excluding tert-OH is 2. The van der Waals surface area contributed by atoms with Crippen LogP contribution < -0.4 is 0 Å². The summed E-state index contributed by atoms with van der Waals surface area (Å²) >= 11 is 6.49. The van der Waals surface area contributed by atoms with Crippen LogP contribution >= 0.6 is 24.0 Å². The van der Waals surface area contributed by atoms with Gasteiger partial charge in [0.25, 0.3) is 0 Å². The molecule has 0 amide bonds. The lowest BCUT2D eigenvalue weighted by Crippen LogP contribution is -2.43. The Labute approximate surface area is 115 Å². The monoisotopic (exact) mass is 295 g/mol. The average Bonchev–Trinajstić information content (AvgIpc) is 2.64. The van der Waals surface area contributed by atoms with Gasteiger partial charge >= 0.3 is 5.97 Å². The third kappa shape index (κ3) is 4.36. The zero-order valence-electron chi connectivity index (χ0n) is 9.98. The summed E-state index contributed by atoms with van der Waals surface area (Å²) in [4.78, 5) is 11.9. The van der Waals surface area contributed by atoms with E-state index in [4.69, 9.17) is 22.1 Å². The highest BCUT2D eigenvalue weighted by Crippen LogP contribution is 2.21. The molecule has 3 N–H and O–H groups in total. The largest absolute Gasteiger partial charge is 0.481 e. The van der Waals surface area contributed by atoms with Gasteiger partial charge in [-0.1, -0.05) is 24.0 Å². The van der Waals surface area contributed by atoms with Crippen LogP contribution in [-0.4, -0.2) is 68.4 Å². The van der Waals surface area contributed by atoms with Gasteiger partial charge in [0.15, 0.2) is 6.23 Å². The zero-order chi connectivity index (χ0) is 13.7. The van der Waals surface area contributed by atoms with Crippen molar-refractivity contribution in [3.8, 4) is 0 Å². The number of nitrogens with zero attached hydrogens (tertiary/aromatic N) is 1. The van der Waals surface area contributed by atoms with Crippen molar-refractivity contribution in [2.45, 2.75) is 31.3 Å². The van der Waals surface area contributed by atoms with Crippen molar-refractivity contribution in [1.82, 2.24) is 4.90 Å². The standard InChI is InChI=1S/C10H17NO5S2/c1-11(9-8(15)6(12)5-16-9)10(17)18-4-2-3-7(13)14/h6,8-9,12,15H,2-5H2,1H3,(H,13,14). The van der Waals surface area contributed by atoms with E-state index < -0.39 is 24.4 Å². The van der Waals surface area contributed by atoms with E-state index in [2.05, 4.69) is 0 Å². The Morgan fingerprint density at radius 1 is 1.56 bits per heavy atom. The van der Waals surface area contributed by atoms with Crippen molar-refractivity contribution in [3.63, 3.8) is 0 Å². The molecule has 0 bridgehead atoms. The SMILES string of the molecule is CN(C(=S)SCCCC(=O)O)C1OCC(O)C1O. The number of hydrogen-bond acceptors (Lipinski definition) is 6. The molecule has 1 aliphatic rings. The van der Waals surface area contributed by atoms with E-state index in [0.29, 0.717) is 16.5 Å². The number of rotatable bonds is 5. The van der Waals surface area contributed by atoms with Gasteiger partial charge in [0.05, 0.1) is 6.61 Å². The Hall–Kier alpha value is -0.410. The lowest BCUT2D eigenvalue weighted by molar-refractivity contribution is -0.137. The van der Waals surface area contributed by atoms with Crippen molar-refractivity contribution in [1.29, 1.82) is 0 Å². The number of likely N-dealkylation sites (N-methyl/N-ethyl adjacent to an activating group) is 1. The fourth-order valence-electron chi connectivity index (χ4n) is 1.51. The van der Waals surface area contributed by atoms with Gasteiger partial charge in [-0.15, -0.1) is 0 Å². The van der Waals surface area contributed by atoms with E-state index in [1.165, 1.54) is 11.8 Å². The molecule has 1 heterocycles. The minimum absolute atomic E-state index is 0.0858. The van der Waals surface area contributed by atoms with Crippen LogP contribution in [0.25, 0.3) is 0 Å². The van der Waals surface area contributed by atoms with Crippen molar-refractivity contribution in [2.24, 2.45) is 0 Å². The van der Waals surface area contributed by atoms with Gasteiger partial charge in [-0.3, -0.25) is 4.79 Å². The Bertz CT molecular complexity index is 315. The van der Waals surface area contributed by atoms with Gasteiger partial charge in [0, 0.05) is 19.2 Å². The summed E-state index contributed by atoms with van der Waals surface area (Å²) in [7, 11) is 1.68. The van der Waals surface area contributed by atoms with Crippen molar-refractivity contribution >= 4 is 34.3 Å². The molecular formula is C10H17NO5S2. The third-order valence-corrected chi connectivity index (χ3v) is 4.22. The van der Waals surface area contributed by atoms with Gasteiger partial charge in [0.2, 0.25) is 0 Å². The predicted molar refractivity (Wildman–Crippen MR) is 71.4 cm³/mol. The topological polar surface area (TPSA) is 90.2 Å². The van der Waals surface area contributed by atoms with Crippen molar-refractivity contribution < 1.29 is 24.9 Å². The number of aliphatic hydroxyl groups is 2. The molecule has 0 radical (unpaired) electrons. The number of hydrogen-bond donors (Lipinski definition) is 3. The van der Waals surface area contributed by atoms with Crippen molar-refractivity contribution in [2.75, 3.05) is 19.4 Å². The minimum atomic E-state index is -0.979. The first-order chi connectivity index (χ1) is 8.43. The summed E-state index contributed by atoms with van der Waals surface area (Å²) in [5.41, 5.74) is 0. The Balaban J connectivity index is 2.31. The third-order valence-electron chi connectivity index (χ3n) is 2.55. The molecule has 6 nitrogen and oxygen atoms in total. The number of thiocarbonyl (C=S) groups is 1. The molecule has 0 spiro atoms. The van der Waals surface area contributed by atoms with Gasteiger partial charge in [-0.2, -0.15) is 0 Å². The first-order valence-corrected chi connectivity index (χ1v) is 6.92. The first-order valence-electron chi connectivity index (χ1n) is 5.52. The molecule has 1 rings (SSSR count). The Kier molecular flexibility index (Phi) is 6.30. The number of ether oxygens (including phenoxy) is 1. The Morgan fingerprint density at radius 3 is 2.72 bits per heavy atom. The van der Waals surface area contributed by atoms with Crippen LogP contribution in [0.1, 0.15) is 12.8 Å². The first kappa shape index (κ1) is 15.6. The molecule has 1 fully saturated rings. The molecule has 8 heteroatoms. The molecule has 0 saturated carbocycles. The number of aliphatic carboxylic acids is 1. The van der Waals surface area contributed by atoms with Crippen LogP contribution in [0, 0.1) is 0 Å². The summed E-state index contributed by atoms with van der Waals surface area (Å²) in [6, 6.07) is 0. The highest BCUT2D eigenvalue weighted by Gasteiger charge is 2.38.